The zero-order valence-corrected chi connectivity index (χ0v) is 70.3. The Labute approximate surface area is 651 Å². The molecule has 0 bridgehead atoms. The molecule has 0 saturated carbocycles. The van der Waals surface area contributed by atoms with E-state index in [2.05, 4.69) is 120 Å². The molecule has 6 rings (SSSR count). The highest BCUT2D eigenvalue weighted by Gasteiger charge is 2.45. The van der Waals surface area contributed by atoms with Gasteiger partial charge in [-0.3, -0.25) is 49.1 Å². The van der Waals surface area contributed by atoms with Crippen molar-refractivity contribution >= 4 is 93.3 Å². The van der Waals surface area contributed by atoms with Crippen LogP contribution in [0, 0.1) is 11.3 Å². The van der Waals surface area contributed by atoms with E-state index in [9.17, 15) is 47.9 Å². The molecule has 4 atom stereocenters. The van der Waals surface area contributed by atoms with Crippen molar-refractivity contribution < 1.29 is 85.2 Å². The molecule has 608 valence electrons. The zero-order chi connectivity index (χ0) is 81.9. The van der Waals surface area contributed by atoms with E-state index >= 15 is 0 Å². The van der Waals surface area contributed by atoms with E-state index in [-0.39, 0.29) is 156 Å². The number of rotatable bonds is 38. The van der Waals surface area contributed by atoms with Gasteiger partial charge in [-0.15, -0.1) is 0 Å². The van der Waals surface area contributed by atoms with Gasteiger partial charge in [-0.2, -0.15) is 0 Å². The van der Waals surface area contributed by atoms with E-state index in [1.165, 1.54) is 38.5 Å². The van der Waals surface area contributed by atoms with Crippen LogP contribution in [-0.4, -0.2) is 187 Å². The molecule has 3 aliphatic heterocycles. The third kappa shape index (κ3) is 26.6. The largest absolute Gasteiger partial charge is 0.493 e. The average Bonchev–Trinajstić information content (AvgIpc) is 1.70. The summed E-state index contributed by atoms with van der Waals surface area (Å²) in [7, 11) is -1.48. The number of primary amides is 1. The summed E-state index contributed by atoms with van der Waals surface area (Å²) in [6.45, 7) is 40.8. The van der Waals surface area contributed by atoms with Gasteiger partial charge in [-0.25, -0.2) is 14.4 Å². The number of nitrogens with two attached hydrogens (primary N) is 1. The summed E-state index contributed by atoms with van der Waals surface area (Å²) >= 11 is 0. The van der Waals surface area contributed by atoms with E-state index in [0.29, 0.717) is 80.8 Å². The molecule has 0 unspecified atom stereocenters. The molecule has 3 heterocycles. The van der Waals surface area contributed by atoms with Gasteiger partial charge in [0.05, 0.1) is 75.2 Å². The van der Waals surface area contributed by atoms with Gasteiger partial charge >= 0.3 is 18.2 Å². The van der Waals surface area contributed by atoms with E-state index in [4.69, 9.17) is 43.0 Å². The van der Waals surface area contributed by atoms with Crippen LogP contribution in [0.1, 0.15) is 187 Å². The lowest BCUT2D eigenvalue weighted by Gasteiger charge is -2.38. The predicted octanol–water partition coefficient (Wildman–Crippen LogP) is 13.0. The summed E-state index contributed by atoms with van der Waals surface area (Å²) in [4.78, 5) is 138. The number of imide groups is 1. The Balaban J connectivity index is 1.14. The summed E-state index contributed by atoms with van der Waals surface area (Å²) in [6.07, 6.45) is 5.63. The Hall–Kier alpha value is -9.01. The highest BCUT2D eigenvalue weighted by Crippen LogP contribution is 2.43. The van der Waals surface area contributed by atoms with Crippen molar-refractivity contribution in [2.45, 2.75) is 233 Å². The molecule has 3 aromatic carbocycles. The molecule has 0 radical (unpaired) electrons. The fraction of sp³-hybridized carbons (Fsp3) is 0.600. The van der Waals surface area contributed by atoms with Crippen molar-refractivity contribution in [3.05, 3.63) is 89.5 Å². The maximum Gasteiger partial charge on any atom is 0.412 e. The lowest BCUT2D eigenvalue weighted by atomic mass is 9.91. The van der Waals surface area contributed by atoms with E-state index in [1.54, 1.807) is 75.9 Å². The highest BCUT2D eigenvalue weighted by molar-refractivity contribution is 6.74. The lowest BCUT2D eigenvalue weighted by Crippen LogP contribution is -2.54. The third-order valence-corrected chi connectivity index (χ3v) is 29.5. The number of carbonyl (C=O) groups excluding carboxylic acids is 10. The van der Waals surface area contributed by atoms with Gasteiger partial charge in [-0.05, 0) is 156 Å². The standard InChI is InChI=1S/C80H122N10O18Si2/c1-51(2)69(87-66(91)29-23-21-24-37-88-67(92)34-35-68(88)93)71(95)84-59(28-27-36-82-74(81)98)70(94)83-54-32-30-53(31-33-54)47-105-75(99)85-60-43-64(62(101-15)41-57(60)72(96)89-46-52(3)40-55(89)48-106-109(17,18)78(7,8)9)103-38-25-22-26-39-104-65-44-61(86-76(100)108-77(4,5)6)58(42-63(65)102-16)73(97)90-50-80(13,14)45-56(90)49-107-110(19,20)79(10,11)12/h30-35,41-44,51,55-56,59,69H,3,21-29,36-40,45-50H2,1-2,4-20H3,(H,83,94)(H,84,95)(H,85,99)(H,86,100)(H,87,91)(H3,81,82,98)/t55-,56-,59-,69-/m0/s1. The number of anilines is 3. The van der Waals surface area contributed by atoms with Gasteiger partial charge in [0.25, 0.3) is 23.6 Å². The number of nitrogens with zero attached hydrogens (tertiary/aromatic N) is 3. The fourth-order valence-electron chi connectivity index (χ4n) is 12.2. The minimum atomic E-state index is -2.25. The molecule has 110 heavy (non-hydrogen) atoms. The molecular weight excluding hydrogens is 1450 g/mol. The maximum absolute atomic E-state index is 15.0. The van der Waals surface area contributed by atoms with E-state index in [1.807, 2.05) is 4.90 Å². The Morgan fingerprint density at radius 1 is 0.645 bits per heavy atom. The molecule has 0 aliphatic carbocycles. The Morgan fingerprint density at radius 2 is 1.17 bits per heavy atom. The Morgan fingerprint density at radius 3 is 1.69 bits per heavy atom. The van der Waals surface area contributed by atoms with Gasteiger partial charge in [0.15, 0.2) is 39.6 Å². The minimum Gasteiger partial charge on any atom is -0.493 e. The first-order chi connectivity index (χ1) is 51.3. The first-order valence-electron chi connectivity index (χ1n) is 38.1. The van der Waals surface area contributed by atoms with Gasteiger partial charge in [0, 0.05) is 62.6 Å². The number of methoxy groups -OCH3 is 2. The summed E-state index contributed by atoms with van der Waals surface area (Å²) < 4.78 is 49.2. The molecule has 11 amide bonds. The zero-order valence-electron chi connectivity index (χ0n) is 68.3. The Kier molecular flexibility index (Phi) is 32.1. The van der Waals surface area contributed by atoms with Gasteiger partial charge < -0.3 is 74.1 Å². The van der Waals surface area contributed by atoms with Crippen molar-refractivity contribution in [3.63, 3.8) is 0 Å². The van der Waals surface area contributed by atoms with Crippen LogP contribution >= 0.6 is 0 Å². The average molecular weight is 1570 g/mol. The molecule has 3 aliphatic rings. The third-order valence-electron chi connectivity index (χ3n) is 20.5. The number of ether oxygens (including phenoxy) is 6. The normalized spacial score (nSPS) is 16.5. The first kappa shape index (κ1) is 89.9. The SMILES string of the molecule is C=C1C[C@@H](CO[Si](C)(C)C(C)(C)C)N(C(=O)c2cc(OC)c(OCCCCCOc3cc(NC(=O)OC(C)(C)C)c(C(=O)N4CC(C)(C)C[C@H]4CO[Si](C)(C)C(C)(C)C)cc3OC)cc2NC(=O)OCc2ccc(NC(=O)[C@H](CCCNC(N)=O)NC(=O)[C@@H](NC(=O)CCCCCN3C(=O)C=CC3=O)C(C)C)cc2)C1. The molecule has 2 saturated heterocycles. The van der Waals surface area contributed by atoms with Crippen LogP contribution in [0.25, 0.3) is 0 Å². The number of hydrogen-bond donors (Lipinski definition) is 7. The van der Waals surface area contributed by atoms with Crippen molar-refractivity contribution in [2.75, 3.05) is 82.8 Å². The maximum atomic E-state index is 15.0. The van der Waals surface area contributed by atoms with Gasteiger partial charge in [-0.1, -0.05) is 99.9 Å². The monoisotopic (exact) mass is 1570 g/mol. The number of hydrogen-bond acceptors (Lipinski definition) is 18. The van der Waals surface area contributed by atoms with Crippen LogP contribution < -0.4 is 56.6 Å². The van der Waals surface area contributed by atoms with Gasteiger partial charge in [0.2, 0.25) is 17.7 Å². The van der Waals surface area contributed by atoms with Crippen LogP contribution in [0.4, 0.5) is 31.4 Å². The second-order valence-corrected chi connectivity index (χ2v) is 43.4. The topological polar surface area (TPSA) is 352 Å². The molecule has 0 aromatic heterocycles. The number of unbranched alkanes of at least 4 members (excludes halogenated alkanes) is 4. The van der Waals surface area contributed by atoms with Crippen LogP contribution in [0.5, 0.6) is 23.0 Å². The Bertz CT molecular complexity index is 3790. The van der Waals surface area contributed by atoms with Crippen LogP contribution in [0.15, 0.2) is 72.8 Å². The lowest BCUT2D eigenvalue weighted by molar-refractivity contribution is -0.137. The summed E-state index contributed by atoms with van der Waals surface area (Å²) in [5.41, 5.74) is 6.55. The quantitative estimate of drug-likeness (QED) is 0.0121. The number of benzene rings is 3. The van der Waals surface area contributed by atoms with Crippen LogP contribution in [0.3, 0.4) is 0 Å². The first-order valence-corrected chi connectivity index (χ1v) is 43.9. The molecule has 28 nitrogen and oxygen atoms in total. The molecule has 3 aromatic rings. The van der Waals surface area contributed by atoms with Crippen molar-refractivity contribution in [1.29, 1.82) is 0 Å². The summed E-state index contributed by atoms with van der Waals surface area (Å²) in [6, 6.07) is 9.22. The van der Waals surface area contributed by atoms with Crippen molar-refractivity contribution in [2.24, 2.45) is 17.1 Å². The number of carbonyl (C=O) groups is 10. The number of likely N-dealkylation sites (tertiary alicyclic amines) is 2. The van der Waals surface area contributed by atoms with Crippen molar-refractivity contribution in [3.8, 4) is 23.0 Å². The van der Waals surface area contributed by atoms with E-state index in [0.717, 1.165) is 16.9 Å². The number of urea groups is 1. The van der Waals surface area contributed by atoms with E-state index < -0.39 is 70.3 Å². The molecule has 2 fully saturated rings. The molecule has 30 heteroatoms. The van der Waals surface area contributed by atoms with Crippen molar-refractivity contribution in [1.82, 2.24) is 30.7 Å². The second kappa shape index (κ2) is 39.3. The number of amides is 11. The van der Waals surface area contributed by atoms with Crippen LogP contribution in [-0.2, 0) is 48.9 Å². The summed E-state index contributed by atoms with van der Waals surface area (Å²) in [5, 5.41) is 16.4. The highest BCUT2D eigenvalue weighted by atomic mass is 28.4. The van der Waals surface area contributed by atoms with Gasteiger partial charge in [0.1, 0.15) is 24.3 Å². The predicted molar refractivity (Wildman–Crippen MR) is 428 cm³/mol. The summed E-state index contributed by atoms with van der Waals surface area (Å²) in [5.74, 6) is -2.36. The van der Waals surface area contributed by atoms with Crippen LogP contribution in [0.2, 0.25) is 36.3 Å². The molecule has 0 spiro atoms. The molecular formula is C80H122N10O18Si2. The smallest absolute Gasteiger partial charge is 0.412 e. The number of nitrogens with one attached hydrogen (secondary N) is 6. The molecule has 8 N–H and O–H groups in total. The second-order valence-electron chi connectivity index (χ2n) is 33.8. The fourth-order valence-corrected chi connectivity index (χ4v) is 14.3. The minimum absolute atomic E-state index is 0.0310.